The molecule has 1 amide bonds. The summed E-state index contributed by atoms with van der Waals surface area (Å²) in [5.41, 5.74) is 1.47. The van der Waals surface area contributed by atoms with Crippen LogP contribution in [0.15, 0.2) is 22.7 Å². The van der Waals surface area contributed by atoms with E-state index in [2.05, 4.69) is 21.2 Å². The first-order chi connectivity index (χ1) is 8.81. The number of carbonyl (C=O) groups excluding carboxylic acids is 1. The number of nitrogens with one attached hydrogen (secondary N) is 1. The number of carboxylic acids is 1. The van der Waals surface area contributed by atoms with Gasteiger partial charge in [0.25, 0.3) is 5.91 Å². The molecule has 0 aliphatic rings. The van der Waals surface area contributed by atoms with Gasteiger partial charge in [-0.15, -0.1) is 0 Å². The molecule has 0 aliphatic heterocycles. The summed E-state index contributed by atoms with van der Waals surface area (Å²) < 4.78 is 0.665. The molecule has 104 valence electrons. The summed E-state index contributed by atoms with van der Waals surface area (Å²) in [6, 6.07) is 4.47. The Hall–Kier alpha value is -1.36. The highest BCUT2D eigenvalue weighted by Crippen LogP contribution is 2.18. The van der Waals surface area contributed by atoms with Gasteiger partial charge in [-0.2, -0.15) is 0 Å². The van der Waals surface area contributed by atoms with E-state index >= 15 is 0 Å². The third-order valence-corrected chi connectivity index (χ3v) is 3.34. The van der Waals surface area contributed by atoms with Crippen molar-refractivity contribution in [1.82, 2.24) is 5.32 Å². The number of halogens is 1. The molecule has 4 nitrogen and oxygen atoms in total. The number of hydrogen-bond acceptors (Lipinski definition) is 2. The van der Waals surface area contributed by atoms with Crippen molar-refractivity contribution in [3.05, 3.63) is 33.8 Å². The van der Waals surface area contributed by atoms with E-state index in [1.165, 1.54) is 0 Å². The highest BCUT2D eigenvalue weighted by Gasteiger charge is 2.22. The van der Waals surface area contributed by atoms with Crippen LogP contribution in [0.3, 0.4) is 0 Å². The van der Waals surface area contributed by atoms with Crippen molar-refractivity contribution in [1.29, 1.82) is 0 Å². The summed E-state index contributed by atoms with van der Waals surface area (Å²) in [6.45, 7) is 5.76. The molecule has 0 aromatic heterocycles. The number of rotatable bonds is 5. The van der Waals surface area contributed by atoms with Gasteiger partial charge in [-0.05, 0) is 52.9 Å². The lowest BCUT2D eigenvalue weighted by Crippen LogP contribution is -2.41. The molecule has 0 radical (unpaired) electrons. The van der Waals surface area contributed by atoms with E-state index < -0.39 is 12.0 Å². The van der Waals surface area contributed by atoms with Gasteiger partial charge >= 0.3 is 5.97 Å². The zero-order chi connectivity index (χ0) is 14.6. The minimum absolute atomic E-state index is 0.197. The number of carbonyl (C=O) groups is 2. The maximum absolute atomic E-state index is 12.1. The van der Waals surface area contributed by atoms with Crippen molar-refractivity contribution in [2.75, 3.05) is 0 Å². The quantitative estimate of drug-likeness (QED) is 0.873. The summed E-state index contributed by atoms with van der Waals surface area (Å²) >= 11 is 3.32. The van der Waals surface area contributed by atoms with Gasteiger partial charge in [0, 0.05) is 4.47 Å². The number of aliphatic carboxylic acids is 1. The van der Waals surface area contributed by atoms with Crippen LogP contribution in [0.25, 0.3) is 0 Å². The van der Waals surface area contributed by atoms with Gasteiger partial charge in [-0.3, -0.25) is 4.79 Å². The summed E-state index contributed by atoms with van der Waals surface area (Å²) in [6.07, 6.45) is 0.407. The summed E-state index contributed by atoms with van der Waals surface area (Å²) in [5, 5.41) is 11.7. The lowest BCUT2D eigenvalue weighted by atomic mass is 10.0. The maximum atomic E-state index is 12.1. The van der Waals surface area contributed by atoms with Gasteiger partial charge in [0.1, 0.15) is 6.04 Å². The van der Waals surface area contributed by atoms with Crippen LogP contribution in [0.5, 0.6) is 0 Å². The highest BCUT2D eigenvalue weighted by molar-refractivity contribution is 9.10. The number of amides is 1. The Kier molecular flexibility index (Phi) is 5.54. The number of carboxylic acid groups (broad SMARTS) is 1. The highest BCUT2D eigenvalue weighted by atomic mass is 79.9. The molecule has 0 spiro atoms. The molecule has 5 heteroatoms. The zero-order valence-corrected chi connectivity index (χ0v) is 12.8. The molecule has 2 N–H and O–H groups in total. The molecule has 1 aromatic carbocycles. The van der Waals surface area contributed by atoms with Crippen LogP contribution in [-0.2, 0) is 4.79 Å². The van der Waals surface area contributed by atoms with Gasteiger partial charge in [-0.25, -0.2) is 4.79 Å². The van der Waals surface area contributed by atoms with E-state index in [4.69, 9.17) is 5.11 Å². The third kappa shape index (κ3) is 4.67. The Labute approximate surface area is 121 Å². The molecule has 19 heavy (non-hydrogen) atoms. The van der Waals surface area contributed by atoms with Crippen LogP contribution in [0.1, 0.15) is 36.2 Å². The predicted octanol–water partition coefficient (Wildman–Crippen LogP) is 2.99. The number of benzene rings is 1. The second-order valence-electron chi connectivity index (χ2n) is 4.98. The molecule has 0 fully saturated rings. The lowest BCUT2D eigenvalue weighted by Gasteiger charge is -2.17. The SMILES string of the molecule is Cc1ccc(C(=O)N[C@@H](CC(C)C)C(=O)O)c(Br)c1. The molecule has 0 bridgehead atoms. The molecule has 0 aliphatic carbocycles. The Balaban J connectivity index is 2.84. The zero-order valence-electron chi connectivity index (χ0n) is 11.2. The van der Waals surface area contributed by atoms with Crippen molar-refractivity contribution in [3.63, 3.8) is 0 Å². The minimum atomic E-state index is -1.01. The minimum Gasteiger partial charge on any atom is -0.480 e. The number of aryl methyl sites for hydroxylation is 1. The fourth-order valence-corrected chi connectivity index (χ4v) is 2.41. The van der Waals surface area contributed by atoms with Gasteiger partial charge in [-0.1, -0.05) is 19.9 Å². The molecule has 0 saturated heterocycles. The summed E-state index contributed by atoms with van der Waals surface area (Å²) in [5.74, 6) is -1.19. The molecular formula is C14H18BrNO3. The van der Waals surface area contributed by atoms with Crippen molar-refractivity contribution in [3.8, 4) is 0 Å². The van der Waals surface area contributed by atoms with E-state index in [1.807, 2.05) is 32.9 Å². The first kappa shape index (κ1) is 15.7. The van der Waals surface area contributed by atoms with E-state index in [9.17, 15) is 9.59 Å². The smallest absolute Gasteiger partial charge is 0.326 e. The normalized spacial score (nSPS) is 12.3. The summed E-state index contributed by atoms with van der Waals surface area (Å²) in [7, 11) is 0. The molecule has 0 unspecified atom stereocenters. The topological polar surface area (TPSA) is 66.4 Å². The van der Waals surface area contributed by atoms with Crippen molar-refractivity contribution < 1.29 is 14.7 Å². The van der Waals surface area contributed by atoms with Crippen molar-refractivity contribution in [2.45, 2.75) is 33.2 Å². The Morgan fingerprint density at radius 1 is 1.37 bits per heavy atom. The number of hydrogen-bond donors (Lipinski definition) is 2. The first-order valence-electron chi connectivity index (χ1n) is 6.11. The fourth-order valence-electron chi connectivity index (χ4n) is 1.73. The standard InChI is InChI=1S/C14H18BrNO3/c1-8(2)6-12(14(18)19)16-13(17)10-5-4-9(3)7-11(10)15/h4-5,7-8,12H,6H2,1-3H3,(H,16,17)(H,18,19)/t12-/m0/s1. The van der Waals surface area contributed by atoms with Crippen LogP contribution in [0.4, 0.5) is 0 Å². The van der Waals surface area contributed by atoms with Gasteiger partial charge < -0.3 is 10.4 Å². The second kappa shape index (κ2) is 6.70. The van der Waals surface area contributed by atoms with Crippen LogP contribution >= 0.6 is 15.9 Å². The largest absolute Gasteiger partial charge is 0.480 e. The Bertz CT molecular complexity index is 486. The van der Waals surface area contributed by atoms with E-state index in [0.717, 1.165) is 5.56 Å². The molecule has 1 atom stereocenters. The average Bonchev–Trinajstić information content (AvgIpc) is 2.26. The second-order valence-corrected chi connectivity index (χ2v) is 5.83. The molecule has 1 rings (SSSR count). The van der Waals surface area contributed by atoms with Crippen molar-refractivity contribution in [2.24, 2.45) is 5.92 Å². The van der Waals surface area contributed by atoms with E-state index in [1.54, 1.807) is 6.07 Å². The van der Waals surface area contributed by atoms with Crippen LogP contribution in [0.2, 0.25) is 0 Å². The van der Waals surface area contributed by atoms with E-state index in [-0.39, 0.29) is 11.8 Å². The maximum Gasteiger partial charge on any atom is 0.326 e. The predicted molar refractivity (Wildman–Crippen MR) is 77.2 cm³/mol. The van der Waals surface area contributed by atoms with Gasteiger partial charge in [0.15, 0.2) is 0 Å². The van der Waals surface area contributed by atoms with Gasteiger partial charge in [0.05, 0.1) is 5.56 Å². The monoisotopic (exact) mass is 327 g/mol. The van der Waals surface area contributed by atoms with E-state index in [0.29, 0.717) is 16.5 Å². The molecule has 0 heterocycles. The molecule has 1 aromatic rings. The van der Waals surface area contributed by atoms with Crippen LogP contribution in [0, 0.1) is 12.8 Å². The molecule has 0 saturated carbocycles. The third-order valence-electron chi connectivity index (χ3n) is 2.68. The van der Waals surface area contributed by atoms with Crippen LogP contribution in [-0.4, -0.2) is 23.0 Å². The van der Waals surface area contributed by atoms with Crippen molar-refractivity contribution >= 4 is 27.8 Å². The van der Waals surface area contributed by atoms with Crippen LogP contribution < -0.4 is 5.32 Å². The Morgan fingerprint density at radius 2 is 2.00 bits per heavy atom. The Morgan fingerprint density at radius 3 is 2.47 bits per heavy atom. The fraction of sp³-hybridized carbons (Fsp3) is 0.429. The molecular weight excluding hydrogens is 310 g/mol. The first-order valence-corrected chi connectivity index (χ1v) is 6.90. The van der Waals surface area contributed by atoms with Gasteiger partial charge in [0.2, 0.25) is 0 Å². The lowest BCUT2D eigenvalue weighted by molar-refractivity contribution is -0.139. The summed E-state index contributed by atoms with van der Waals surface area (Å²) in [4.78, 5) is 23.2. The average molecular weight is 328 g/mol.